The molecule has 0 N–H and O–H groups in total. The zero-order valence-electron chi connectivity index (χ0n) is 16.4. The fraction of sp³-hybridized carbons (Fsp3) is 0.280. The van der Waals surface area contributed by atoms with Crippen molar-refractivity contribution in [3.8, 4) is 0 Å². The van der Waals surface area contributed by atoms with E-state index in [0.717, 1.165) is 0 Å². The third-order valence-corrected chi connectivity index (χ3v) is 6.85. The summed E-state index contributed by atoms with van der Waals surface area (Å²) in [6.45, 7) is 12.2. The van der Waals surface area contributed by atoms with Crippen LogP contribution in [0, 0.1) is 6.92 Å². The van der Waals surface area contributed by atoms with E-state index in [1.54, 1.807) is 5.46 Å². The van der Waals surface area contributed by atoms with Gasteiger partial charge in [-0.3, -0.25) is 0 Å². The van der Waals surface area contributed by atoms with Gasteiger partial charge in [-0.25, -0.2) is 0 Å². The second-order valence-corrected chi connectivity index (χ2v) is 9.13. The van der Waals surface area contributed by atoms with Crippen LogP contribution in [0.3, 0.4) is 0 Å². The van der Waals surface area contributed by atoms with Crippen LogP contribution in [0.5, 0.6) is 0 Å². The minimum Gasteiger partial charge on any atom is -0.0667 e. The minimum atomic E-state index is 0.0333. The summed E-state index contributed by atoms with van der Waals surface area (Å²) in [6.07, 6.45) is 0. The van der Waals surface area contributed by atoms with Crippen molar-refractivity contribution < 1.29 is 0 Å². The highest BCUT2D eigenvalue weighted by Crippen LogP contribution is 2.40. The number of benzene rings is 3. The van der Waals surface area contributed by atoms with Crippen LogP contribution in [0.4, 0.5) is 0 Å². The monoisotopic (exact) mass is 336 g/mol. The molecule has 0 saturated heterocycles. The topological polar surface area (TPSA) is 0 Å². The van der Waals surface area contributed by atoms with Crippen LogP contribution in [-0.2, 0) is 10.8 Å². The lowest BCUT2D eigenvalue weighted by Gasteiger charge is -2.46. The Hall–Kier alpha value is -2.28. The van der Waals surface area contributed by atoms with E-state index in [9.17, 15) is 0 Å². The van der Waals surface area contributed by atoms with Crippen molar-refractivity contribution in [2.24, 2.45) is 0 Å². The van der Waals surface area contributed by atoms with Crippen molar-refractivity contribution >= 4 is 23.1 Å². The van der Waals surface area contributed by atoms with Crippen LogP contribution in [0.25, 0.3) is 0 Å². The molecule has 128 valence electrons. The molecule has 0 atom stereocenters. The lowest BCUT2D eigenvalue weighted by atomic mass is 9.27. The molecule has 3 aromatic rings. The second kappa shape index (κ2) is 4.91. The molecule has 0 fully saturated rings. The molecule has 2 aliphatic heterocycles. The van der Waals surface area contributed by atoms with Crippen LogP contribution in [0.15, 0.2) is 60.7 Å². The highest BCUT2D eigenvalue weighted by Gasteiger charge is 2.47. The van der Waals surface area contributed by atoms with E-state index < -0.39 is 0 Å². The summed E-state index contributed by atoms with van der Waals surface area (Å²) in [5.74, 6) is 0. The van der Waals surface area contributed by atoms with Gasteiger partial charge in [-0.1, -0.05) is 110 Å². The number of rotatable bonds is 0. The number of fused-ring (bicyclic) bond motifs is 4. The van der Waals surface area contributed by atoms with Gasteiger partial charge in [0.2, 0.25) is 6.71 Å². The van der Waals surface area contributed by atoms with Crippen LogP contribution in [0.2, 0.25) is 0 Å². The summed E-state index contributed by atoms with van der Waals surface area (Å²) in [5.41, 5.74) is 11.9. The zero-order valence-corrected chi connectivity index (χ0v) is 16.4. The predicted octanol–water partition coefficient (Wildman–Crippen LogP) is 3.79. The SMILES string of the molecule is Cc1cc2c3c(c1)C(C)(C)c1ccccc1B3c1ccccc1C2(C)C. The first-order valence-corrected chi connectivity index (χ1v) is 9.68. The molecule has 0 bridgehead atoms. The van der Waals surface area contributed by atoms with Gasteiger partial charge in [-0.15, -0.1) is 0 Å². The van der Waals surface area contributed by atoms with Gasteiger partial charge in [0.15, 0.2) is 0 Å². The first-order valence-electron chi connectivity index (χ1n) is 9.68. The first-order chi connectivity index (χ1) is 12.3. The second-order valence-electron chi connectivity index (χ2n) is 9.13. The van der Waals surface area contributed by atoms with Crippen molar-refractivity contribution in [3.05, 3.63) is 88.5 Å². The van der Waals surface area contributed by atoms with Crippen LogP contribution in [-0.4, -0.2) is 6.71 Å². The van der Waals surface area contributed by atoms with E-state index in [-0.39, 0.29) is 10.8 Å². The predicted molar refractivity (Wildman–Crippen MR) is 113 cm³/mol. The largest absolute Gasteiger partial charge is 0.242 e. The fourth-order valence-electron chi connectivity index (χ4n) is 5.55. The van der Waals surface area contributed by atoms with E-state index in [4.69, 9.17) is 0 Å². The molecular formula is C25H25B. The van der Waals surface area contributed by atoms with Gasteiger partial charge in [0, 0.05) is 10.8 Å². The van der Waals surface area contributed by atoms with Gasteiger partial charge in [-0.2, -0.15) is 0 Å². The molecule has 2 aliphatic rings. The Kier molecular flexibility index (Phi) is 3.01. The molecule has 0 aliphatic carbocycles. The van der Waals surface area contributed by atoms with E-state index in [0.29, 0.717) is 6.71 Å². The Morgan fingerprint density at radius 2 is 1.04 bits per heavy atom. The molecule has 1 heteroatoms. The number of aryl methyl sites for hydroxylation is 1. The summed E-state index contributed by atoms with van der Waals surface area (Å²) < 4.78 is 0. The molecule has 0 unspecified atom stereocenters. The third kappa shape index (κ3) is 1.81. The Morgan fingerprint density at radius 1 is 0.615 bits per heavy atom. The maximum atomic E-state index is 2.44. The molecule has 5 rings (SSSR count). The summed E-state index contributed by atoms with van der Waals surface area (Å²) in [5, 5.41) is 0. The van der Waals surface area contributed by atoms with Gasteiger partial charge in [0.25, 0.3) is 0 Å². The Balaban J connectivity index is 1.99. The quantitative estimate of drug-likeness (QED) is 0.548. The lowest BCUT2D eigenvalue weighted by Crippen LogP contribution is -2.66. The van der Waals surface area contributed by atoms with Crippen molar-refractivity contribution in [1.82, 2.24) is 0 Å². The normalized spacial score (nSPS) is 18.0. The van der Waals surface area contributed by atoms with E-state index in [2.05, 4.69) is 95.3 Å². The van der Waals surface area contributed by atoms with E-state index in [1.165, 1.54) is 38.7 Å². The van der Waals surface area contributed by atoms with E-state index >= 15 is 0 Å². The average molecular weight is 336 g/mol. The van der Waals surface area contributed by atoms with Crippen molar-refractivity contribution in [3.63, 3.8) is 0 Å². The van der Waals surface area contributed by atoms with Crippen LogP contribution in [0.1, 0.15) is 55.5 Å². The number of hydrogen-bond acceptors (Lipinski definition) is 0. The molecule has 0 saturated carbocycles. The average Bonchev–Trinajstić information content (AvgIpc) is 2.62. The van der Waals surface area contributed by atoms with E-state index in [1.807, 2.05) is 0 Å². The minimum absolute atomic E-state index is 0.0333. The fourth-order valence-corrected chi connectivity index (χ4v) is 5.55. The van der Waals surface area contributed by atoms with Gasteiger partial charge < -0.3 is 0 Å². The zero-order chi connectivity index (χ0) is 18.3. The maximum absolute atomic E-state index is 2.44. The number of hydrogen-bond donors (Lipinski definition) is 0. The van der Waals surface area contributed by atoms with Gasteiger partial charge >= 0.3 is 0 Å². The highest BCUT2D eigenvalue weighted by molar-refractivity contribution is 6.97. The molecule has 0 spiro atoms. The molecule has 3 aromatic carbocycles. The molecule has 0 nitrogen and oxygen atoms in total. The van der Waals surface area contributed by atoms with Crippen LogP contribution < -0.4 is 16.4 Å². The molecular weight excluding hydrogens is 311 g/mol. The molecule has 26 heavy (non-hydrogen) atoms. The molecule has 0 amide bonds. The molecule has 2 heterocycles. The summed E-state index contributed by atoms with van der Waals surface area (Å²) in [7, 11) is 0. The molecule has 0 radical (unpaired) electrons. The van der Waals surface area contributed by atoms with Crippen LogP contribution >= 0.6 is 0 Å². The van der Waals surface area contributed by atoms with Crippen molar-refractivity contribution in [2.75, 3.05) is 0 Å². The molecule has 0 aromatic heterocycles. The summed E-state index contributed by atoms with van der Waals surface area (Å²) in [6, 6.07) is 23.0. The highest BCUT2D eigenvalue weighted by atomic mass is 14.4. The first kappa shape index (κ1) is 15.9. The third-order valence-electron chi connectivity index (χ3n) is 6.85. The standard InChI is InChI=1S/C25H25B/c1-16-14-19-23-20(15-16)25(4,5)18-11-7-9-13-22(18)26(23)21-12-8-6-10-17(21)24(19,2)3/h6-15H,1-5H3. The Bertz CT molecular complexity index is 975. The van der Waals surface area contributed by atoms with Gasteiger partial charge in [0.05, 0.1) is 0 Å². The summed E-state index contributed by atoms with van der Waals surface area (Å²) >= 11 is 0. The maximum Gasteiger partial charge on any atom is 0.242 e. The van der Waals surface area contributed by atoms with Gasteiger partial charge in [-0.05, 0) is 29.2 Å². The van der Waals surface area contributed by atoms with Crippen molar-refractivity contribution in [1.29, 1.82) is 0 Å². The van der Waals surface area contributed by atoms with Crippen molar-refractivity contribution in [2.45, 2.75) is 45.4 Å². The smallest absolute Gasteiger partial charge is 0.0667 e. The lowest BCUT2D eigenvalue weighted by molar-refractivity contribution is 0.620. The summed E-state index contributed by atoms with van der Waals surface area (Å²) in [4.78, 5) is 0. The Labute approximate surface area is 157 Å². The Morgan fingerprint density at radius 3 is 1.50 bits per heavy atom. The van der Waals surface area contributed by atoms with Gasteiger partial charge in [0.1, 0.15) is 0 Å².